The molecular weight excluding hydrogens is 254 g/mol. The maximum absolute atomic E-state index is 9.97. The lowest BCUT2D eigenvalue weighted by Crippen LogP contribution is -2.55. The van der Waals surface area contributed by atoms with E-state index in [0.29, 0.717) is 16.8 Å². The largest absolute Gasteiger partial charge is 0.478 e. The molecule has 0 atom stereocenters. The zero-order chi connectivity index (χ0) is 15.2. The molecule has 1 saturated heterocycles. The van der Waals surface area contributed by atoms with E-state index in [0.717, 1.165) is 6.08 Å². The van der Waals surface area contributed by atoms with Crippen molar-refractivity contribution >= 4 is 12.0 Å². The highest BCUT2D eigenvalue weighted by atomic mass is 16.4. The fraction of sp³-hybridized carbons (Fsp3) is 0.562. The molecule has 0 unspecified atom stereocenters. The molecule has 112 valence electrons. The van der Waals surface area contributed by atoms with Crippen molar-refractivity contribution in [1.29, 1.82) is 0 Å². The SMILES string of the molecule is CC1(C)CCCC(C)(C)N1.O=C(O)/C=C/c1ccco1. The minimum atomic E-state index is -0.976. The van der Waals surface area contributed by atoms with E-state index in [-0.39, 0.29) is 0 Å². The number of hydrogen-bond acceptors (Lipinski definition) is 3. The average Bonchev–Trinajstić information content (AvgIpc) is 2.76. The molecule has 2 N–H and O–H groups in total. The summed E-state index contributed by atoms with van der Waals surface area (Å²) in [5, 5.41) is 11.8. The summed E-state index contributed by atoms with van der Waals surface area (Å²) in [4.78, 5) is 9.97. The minimum absolute atomic E-state index is 0.363. The number of piperidine rings is 1. The molecule has 20 heavy (non-hydrogen) atoms. The van der Waals surface area contributed by atoms with Gasteiger partial charge in [-0.05, 0) is 65.2 Å². The Balaban J connectivity index is 0.000000200. The van der Waals surface area contributed by atoms with Gasteiger partial charge in [0.05, 0.1) is 6.26 Å². The highest BCUT2D eigenvalue weighted by Crippen LogP contribution is 2.27. The molecule has 0 radical (unpaired) electrons. The van der Waals surface area contributed by atoms with E-state index >= 15 is 0 Å². The van der Waals surface area contributed by atoms with Crippen molar-refractivity contribution < 1.29 is 14.3 Å². The molecular formula is C16H25NO3. The van der Waals surface area contributed by atoms with E-state index in [2.05, 4.69) is 33.0 Å². The van der Waals surface area contributed by atoms with Crippen LogP contribution in [0.3, 0.4) is 0 Å². The summed E-state index contributed by atoms with van der Waals surface area (Å²) in [6.07, 6.45) is 7.91. The van der Waals surface area contributed by atoms with Gasteiger partial charge in [0.2, 0.25) is 0 Å². The Kier molecular flexibility index (Phi) is 5.57. The predicted octanol–water partition coefficient (Wildman–Crippen LogP) is 3.69. The first-order chi connectivity index (χ1) is 9.20. The number of carbonyl (C=O) groups is 1. The molecule has 0 aromatic carbocycles. The lowest BCUT2D eigenvalue weighted by Gasteiger charge is -2.42. The summed E-state index contributed by atoms with van der Waals surface area (Å²) in [5.41, 5.74) is 0.726. The quantitative estimate of drug-likeness (QED) is 0.810. The van der Waals surface area contributed by atoms with Crippen molar-refractivity contribution in [3.63, 3.8) is 0 Å². The predicted molar refractivity (Wildman–Crippen MR) is 80.5 cm³/mol. The van der Waals surface area contributed by atoms with Crippen LogP contribution < -0.4 is 5.32 Å². The first-order valence-electron chi connectivity index (χ1n) is 6.94. The molecule has 2 heterocycles. The zero-order valence-corrected chi connectivity index (χ0v) is 12.8. The zero-order valence-electron chi connectivity index (χ0n) is 12.8. The van der Waals surface area contributed by atoms with Crippen LogP contribution in [0.25, 0.3) is 6.08 Å². The van der Waals surface area contributed by atoms with Gasteiger partial charge in [-0.3, -0.25) is 0 Å². The van der Waals surface area contributed by atoms with Gasteiger partial charge in [0.15, 0.2) is 0 Å². The molecule has 0 bridgehead atoms. The third kappa shape index (κ3) is 6.57. The van der Waals surface area contributed by atoms with Gasteiger partial charge >= 0.3 is 5.97 Å². The molecule has 0 saturated carbocycles. The van der Waals surface area contributed by atoms with Crippen LogP contribution in [0, 0.1) is 0 Å². The molecule has 1 fully saturated rings. The smallest absolute Gasteiger partial charge is 0.328 e. The standard InChI is InChI=1S/C9H19N.C7H6O3/c1-8(2)6-5-7-9(3,4)10-8;8-7(9)4-3-6-2-1-5-10-6/h10H,5-7H2,1-4H3;1-5H,(H,8,9)/b;4-3+. The van der Waals surface area contributed by atoms with Gasteiger partial charge in [-0.15, -0.1) is 0 Å². The van der Waals surface area contributed by atoms with Crippen LogP contribution in [0.1, 0.15) is 52.7 Å². The molecule has 4 nitrogen and oxygen atoms in total. The molecule has 4 heteroatoms. The molecule has 2 rings (SSSR count). The summed E-state index contributed by atoms with van der Waals surface area (Å²) in [6, 6.07) is 3.38. The van der Waals surface area contributed by atoms with E-state index in [9.17, 15) is 4.79 Å². The van der Waals surface area contributed by atoms with Crippen LogP contribution in [0.4, 0.5) is 0 Å². The van der Waals surface area contributed by atoms with Crippen LogP contribution in [-0.2, 0) is 4.79 Å². The number of rotatable bonds is 2. The third-order valence-corrected chi connectivity index (χ3v) is 3.21. The number of nitrogens with one attached hydrogen (secondary N) is 1. The summed E-state index contributed by atoms with van der Waals surface area (Å²) in [7, 11) is 0. The van der Waals surface area contributed by atoms with E-state index in [1.54, 1.807) is 12.1 Å². The lowest BCUT2D eigenvalue weighted by atomic mass is 9.83. The first-order valence-corrected chi connectivity index (χ1v) is 6.94. The third-order valence-electron chi connectivity index (χ3n) is 3.21. The highest BCUT2D eigenvalue weighted by molar-refractivity contribution is 5.84. The van der Waals surface area contributed by atoms with Gasteiger partial charge in [0.25, 0.3) is 0 Å². The number of carboxylic acid groups (broad SMARTS) is 1. The molecule has 1 aromatic heterocycles. The van der Waals surface area contributed by atoms with Gasteiger partial charge < -0.3 is 14.8 Å². The second-order valence-corrected chi connectivity index (χ2v) is 6.43. The molecule has 1 aliphatic rings. The van der Waals surface area contributed by atoms with Gasteiger partial charge in [0, 0.05) is 17.2 Å². The van der Waals surface area contributed by atoms with Crippen LogP contribution in [0.2, 0.25) is 0 Å². The Morgan fingerprint density at radius 1 is 1.30 bits per heavy atom. The van der Waals surface area contributed by atoms with Crippen molar-refractivity contribution in [2.24, 2.45) is 0 Å². The van der Waals surface area contributed by atoms with E-state index in [1.807, 2.05) is 0 Å². The fourth-order valence-corrected chi connectivity index (χ4v) is 2.55. The monoisotopic (exact) mass is 279 g/mol. The Bertz CT molecular complexity index is 430. The number of furan rings is 1. The average molecular weight is 279 g/mol. The van der Waals surface area contributed by atoms with E-state index in [4.69, 9.17) is 9.52 Å². The summed E-state index contributed by atoms with van der Waals surface area (Å²) in [6.45, 7) is 9.14. The molecule has 1 aromatic rings. The normalized spacial score (nSPS) is 20.2. The fourth-order valence-electron chi connectivity index (χ4n) is 2.55. The Morgan fingerprint density at radius 3 is 2.25 bits per heavy atom. The molecule has 1 aliphatic heterocycles. The van der Waals surface area contributed by atoms with Crippen molar-refractivity contribution in [1.82, 2.24) is 5.32 Å². The van der Waals surface area contributed by atoms with Gasteiger partial charge in [-0.25, -0.2) is 4.79 Å². The number of aliphatic carboxylic acids is 1. The van der Waals surface area contributed by atoms with Crippen LogP contribution in [0.5, 0.6) is 0 Å². The Labute approximate surface area is 120 Å². The van der Waals surface area contributed by atoms with Crippen LogP contribution in [0.15, 0.2) is 28.9 Å². The summed E-state index contributed by atoms with van der Waals surface area (Å²) < 4.78 is 4.83. The maximum Gasteiger partial charge on any atom is 0.328 e. The molecule has 0 aliphatic carbocycles. The molecule has 0 spiro atoms. The first kappa shape index (κ1) is 16.5. The Morgan fingerprint density at radius 2 is 1.90 bits per heavy atom. The van der Waals surface area contributed by atoms with Gasteiger partial charge in [0.1, 0.15) is 5.76 Å². The number of carboxylic acids is 1. The summed E-state index contributed by atoms with van der Waals surface area (Å²) >= 11 is 0. The van der Waals surface area contributed by atoms with Crippen LogP contribution >= 0.6 is 0 Å². The topological polar surface area (TPSA) is 62.5 Å². The second kappa shape index (κ2) is 6.75. The van der Waals surface area contributed by atoms with Gasteiger partial charge in [-0.2, -0.15) is 0 Å². The van der Waals surface area contributed by atoms with Gasteiger partial charge in [-0.1, -0.05) is 0 Å². The second-order valence-electron chi connectivity index (χ2n) is 6.43. The minimum Gasteiger partial charge on any atom is -0.478 e. The molecule has 0 amide bonds. The lowest BCUT2D eigenvalue weighted by molar-refractivity contribution is -0.131. The van der Waals surface area contributed by atoms with Crippen molar-refractivity contribution in [3.05, 3.63) is 30.2 Å². The van der Waals surface area contributed by atoms with E-state index in [1.165, 1.54) is 31.6 Å². The van der Waals surface area contributed by atoms with E-state index < -0.39 is 5.97 Å². The highest BCUT2D eigenvalue weighted by Gasteiger charge is 2.31. The van der Waals surface area contributed by atoms with Crippen molar-refractivity contribution in [3.8, 4) is 0 Å². The maximum atomic E-state index is 9.97. The number of hydrogen-bond donors (Lipinski definition) is 2. The Hall–Kier alpha value is -1.55. The van der Waals surface area contributed by atoms with Crippen LogP contribution in [-0.4, -0.2) is 22.2 Å². The summed E-state index contributed by atoms with van der Waals surface area (Å²) in [5.74, 6) is -0.432. The van der Waals surface area contributed by atoms with Crippen molar-refractivity contribution in [2.45, 2.75) is 58.0 Å². The van der Waals surface area contributed by atoms with Crippen molar-refractivity contribution in [2.75, 3.05) is 0 Å².